The molecular formula is C13H19N3O. The van der Waals surface area contributed by atoms with Crippen LogP contribution in [0.4, 0.5) is 5.69 Å². The highest BCUT2D eigenvalue weighted by Gasteiger charge is 2.21. The highest BCUT2D eigenvalue weighted by molar-refractivity contribution is 5.99. The number of hydrogen-bond donors (Lipinski definition) is 3. The molecule has 4 nitrogen and oxygen atoms in total. The van der Waals surface area contributed by atoms with Crippen molar-refractivity contribution in [3.63, 3.8) is 0 Å². The molecule has 0 aliphatic heterocycles. The van der Waals surface area contributed by atoms with Crippen molar-refractivity contribution >= 4 is 11.6 Å². The molecule has 1 aliphatic carbocycles. The van der Waals surface area contributed by atoms with Crippen molar-refractivity contribution in [2.24, 2.45) is 11.8 Å². The Morgan fingerprint density at radius 1 is 1.47 bits per heavy atom. The summed E-state index contributed by atoms with van der Waals surface area (Å²) in [6.45, 7) is 2.72. The second-order valence-electron chi connectivity index (χ2n) is 4.68. The molecule has 17 heavy (non-hydrogen) atoms. The summed E-state index contributed by atoms with van der Waals surface area (Å²) in [5.41, 5.74) is 4.92. The Morgan fingerprint density at radius 2 is 2.24 bits per heavy atom. The van der Waals surface area contributed by atoms with Gasteiger partial charge in [0.15, 0.2) is 0 Å². The van der Waals surface area contributed by atoms with Crippen LogP contribution >= 0.6 is 0 Å². The van der Waals surface area contributed by atoms with Gasteiger partial charge in [-0.05, 0) is 37.0 Å². The van der Waals surface area contributed by atoms with Gasteiger partial charge in [0.05, 0.1) is 11.3 Å². The van der Waals surface area contributed by atoms with Crippen LogP contribution in [0.2, 0.25) is 0 Å². The molecule has 1 saturated carbocycles. The monoisotopic (exact) mass is 233 g/mol. The summed E-state index contributed by atoms with van der Waals surface area (Å²) in [6.07, 6.45) is 3.72. The van der Waals surface area contributed by atoms with Crippen molar-refractivity contribution < 1.29 is 4.79 Å². The number of rotatable bonds is 5. The van der Waals surface area contributed by atoms with Gasteiger partial charge in [0.2, 0.25) is 0 Å². The van der Waals surface area contributed by atoms with Crippen LogP contribution in [0.3, 0.4) is 0 Å². The zero-order valence-corrected chi connectivity index (χ0v) is 10.1. The van der Waals surface area contributed by atoms with Crippen LogP contribution in [0, 0.1) is 12.8 Å². The predicted octanol–water partition coefficient (Wildman–Crippen LogP) is 1.81. The Balaban J connectivity index is 1.96. The third-order valence-electron chi connectivity index (χ3n) is 3.11. The molecule has 0 radical (unpaired) electrons. The van der Waals surface area contributed by atoms with Crippen molar-refractivity contribution in [1.82, 2.24) is 5.32 Å². The van der Waals surface area contributed by atoms with Crippen molar-refractivity contribution in [2.75, 3.05) is 12.0 Å². The first-order valence-electron chi connectivity index (χ1n) is 6.06. The molecular weight excluding hydrogens is 214 g/mol. The molecule has 1 fully saturated rings. The van der Waals surface area contributed by atoms with E-state index in [9.17, 15) is 4.79 Å². The number of nitrogen functional groups attached to an aromatic ring is 1. The summed E-state index contributed by atoms with van der Waals surface area (Å²) in [4.78, 5) is 11.9. The zero-order valence-electron chi connectivity index (χ0n) is 10.1. The first-order valence-corrected chi connectivity index (χ1v) is 6.06. The molecule has 1 aliphatic rings. The maximum Gasteiger partial charge on any atom is 0.253 e. The Morgan fingerprint density at radius 3 is 2.88 bits per heavy atom. The molecule has 0 unspecified atom stereocenters. The van der Waals surface area contributed by atoms with Crippen LogP contribution in [-0.2, 0) is 0 Å². The minimum atomic E-state index is -0.0569. The molecule has 0 heterocycles. The summed E-state index contributed by atoms with van der Waals surface area (Å²) >= 11 is 0. The van der Waals surface area contributed by atoms with Crippen LogP contribution in [0.1, 0.15) is 35.2 Å². The number of carbonyl (C=O) groups excluding carboxylic acids is 1. The first-order chi connectivity index (χ1) is 8.20. The van der Waals surface area contributed by atoms with Gasteiger partial charge >= 0.3 is 0 Å². The molecule has 4 N–H and O–H groups in total. The van der Waals surface area contributed by atoms with Crippen LogP contribution in [0.15, 0.2) is 18.2 Å². The molecule has 0 aromatic heterocycles. The normalized spacial score (nSPS) is 14.5. The second kappa shape index (κ2) is 5.19. The number of amides is 1. The number of anilines is 1. The Kier molecular flexibility index (Phi) is 3.64. The van der Waals surface area contributed by atoms with Gasteiger partial charge in [0.25, 0.3) is 5.91 Å². The number of hydrazine groups is 1. The highest BCUT2D eigenvalue weighted by atomic mass is 16.1. The maximum absolute atomic E-state index is 11.9. The standard InChI is InChI=1S/C13H19N3O/c1-9-2-5-11(12(8-9)16-14)13(17)15-7-6-10-3-4-10/h2,5,8,10,16H,3-4,6-7,14H2,1H3,(H,15,17). The molecule has 92 valence electrons. The molecule has 0 saturated heterocycles. The SMILES string of the molecule is Cc1ccc(C(=O)NCCC2CC2)c(NN)c1. The zero-order chi connectivity index (χ0) is 12.3. The average Bonchev–Trinajstić information content (AvgIpc) is 3.12. The van der Waals surface area contributed by atoms with Gasteiger partial charge < -0.3 is 10.7 Å². The minimum absolute atomic E-state index is 0.0569. The number of carbonyl (C=O) groups is 1. The van der Waals surface area contributed by atoms with E-state index in [1.807, 2.05) is 19.1 Å². The lowest BCUT2D eigenvalue weighted by molar-refractivity contribution is 0.0953. The fraction of sp³-hybridized carbons (Fsp3) is 0.462. The predicted molar refractivity (Wildman–Crippen MR) is 68.7 cm³/mol. The highest BCUT2D eigenvalue weighted by Crippen LogP contribution is 2.31. The van der Waals surface area contributed by atoms with E-state index in [4.69, 9.17) is 5.84 Å². The molecule has 1 aromatic rings. The van der Waals surface area contributed by atoms with E-state index in [2.05, 4.69) is 10.7 Å². The van der Waals surface area contributed by atoms with E-state index >= 15 is 0 Å². The third kappa shape index (κ3) is 3.20. The quantitative estimate of drug-likeness (QED) is 0.536. The van der Waals surface area contributed by atoms with Gasteiger partial charge in [-0.1, -0.05) is 18.9 Å². The smallest absolute Gasteiger partial charge is 0.253 e. The summed E-state index contributed by atoms with van der Waals surface area (Å²) in [5, 5.41) is 2.93. The van der Waals surface area contributed by atoms with Crippen molar-refractivity contribution in [1.29, 1.82) is 0 Å². The van der Waals surface area contributed by atoms with E-state index in [0.717, 1.165) is 24.4 Å². The Hall–Kier alpha value is -1.55. The summed E-state index contributed by atoms with van der Waals surface area (Å²) < 4.78 is 0. The number of hydrogen-bond acceptors (Lipinski definition) is 3. The lowest BCUT2D eigenvalue weighted by atomic mass is 10.1. The number of aryl methyl sites for hydroxylation is 1. The van der Waals surface area contributed by atoms with Gasteiger partial charge in [-0.2, -0.15) is 0 Å². The number of benzene rings is 1. The molecule has 2 rings (SSSR count). The van der Waals surface area contributed by atoms with Gasteiger partial charge in [-0.3, -0.25) is 10.6 Å². The first kappa shape index (κ1) is 11.9. The summed E-state index contributed by atoms with van der Waals surface area (Å²) in [5.74, 6) is 6.19. The fourth-order valence-electron chi connectivity index (χ4n) is 1.87. The Labute approximate surface area is 102 Å². The van der Waals surface area contributed by atoms with Gasteiger partial charge in [0.1, 0.15) is 0 Å². The van der Waals surface area contributed by atoms with Crippen molar-refractivity contribution in [3.05, 3.63) is 29.3 Å². The second-order valence-corrected chi connectivity index (χ2v) is 4.68. The molecule has 4 heteroatoms. The maximum atomic E-state index is 11.9. The molecule has 1 amide bonds. The third-order valence-corrected chi connectivity index (χ3v) is 3.11. The van der Waals surface area contributed by atoms with Crippen molar-refractivity contribution in [3.8, 4) is 0 Å². The topological polar surface area (TPSA) is 67.2 Å². The van der Waals surface area contributed by atoms with Gasteiger partial charge in [0, 0.05) is 6.54 Å². The van der Waals surface area contributed by atoms with E-state index in [-0.39, 0.29) is 5.91 Å². The van der Waals surface area contributed by atoms with Crippen LogP contribution in [0.25, 0.3) is 0 Å². The lowest BCUT2D eigenvalue weighted by Gasteiger charge is -2.10. The molecule has 1 aromatic carbocycles. The molecule has 0 bridgehead atoms. The minimum Gasteiger partial charge on any atom is -0.352 e. The summed E-state index contributed by atoms with van der Waals surface area (Å²) in [6, 6.07) is 5.59. The van der Waals surface area contributed by atoms with Crippen LogP contribution in [-0.4, -0.2) is 12.5 Å². The van der Waals surface area contributed by atoms with Crippen LogP contribution < -0.4 is 16.6 Å². The van der Waals surface area contributed by atoms with E-state index in [1.165, 1.54) is 12.8 Å². The summed E-state index contributed by atoms with van der Waals surface area (Å²) in [7, 11) is 0. The van der Waals surface area contributed by atoms with E-state index in [1.54, 1.807) is 6.07 Å². The average molecular weight is 233 g/mol. The van der Waals surface area contributed by atoms with Gasteiger partial charge in [-0.25, -0.2) is 0 Å². The van der Waals surface area contributed by atoms with Crippen molar-refractivity contribution in [2.45, 2.75) is 26.2 Å². The van der Waals surface area contributed by atoms with E-state index < -0.39 is 0 Å². The van der Waals surface area contributed by atoms with E-state index in [0.29, 0.717) is 11.3 Å². The number of nitrogens with two attached hydrogens (primary N) is 1. The molecule has 0 spiro atoms. The number of nitrogens with one attached hydrogen (secondary N) is 2. The fourth-order valence-corrected chi connectivity index (χ4v) is 1.87. The lowest BCUT2D eigenvalue weighted by Crippen LogP contribution is -2.26. The van der Waals surface area contributed by atoms with Crippen LogP contribution in [0.5, 0.6) is 0 Å². The Bertz CT molecular complexity index is 413. The largest absolute Gasteiger partial charge is 0.352 e. The van der Waals surface area contributed by atoms with Gasteiger partial charge in [-0.15, -0.1) is 0 Å². The molecule has 0 atom stereocenters.